The Labute approximate surface area is 562 Å². The first-order chi connectivity index (χ1) is 44.6. The minimum absolute atomic E-state index is 0.0292. The molecule has 2 aromatic carbocycles. The fraction of sp³-hybridized carbons (Fsp3) is 0.652. The van der Waals surface area contributed by atoms with Crippen molar-refractivity contribution in [3.05, 3.63) is 64.2 Å². The van der Waals surface area contributed by atoms with Crippen LogP contribution < -0.4 is 20.7 Å². The van der Waals surface area contributed by atoms with Crippen LogP contribution in [0.2, 0.25) is 5.02 Å². The van der Waals surface area contributed by atoms with Gasteiger partial charge in [-0.05, 0) is 105 Å². The normalized spacial score (nSPS) is 24.5. The number of ether oxygens (including phenoxy) is 1. The third kappa shape index (κ3) is 20.4. The standard InChI is InChI=1S/C66H94ClF6N11O12/c1-15-40(6)55-61(93)79(10)36-53(87)77(8)37-54(88)82(13)50(34-43-20-18-21-44(32-43)96-66(71,72)73)60(92)78(9)35-51(85)74-47(26-24-42-23-25-45(46(67)33-42)65(68,69)70)59(91)84-29-19-22-48(84)58(90)76-64(27-16-17-28-64)63(95)83(14)56(39(4)5)62(94)80(11)41(7)31-52(86)81(12)49(30-38(2)3)57(89)75-55/h18,20-21,23,25,32-33,38-41,47-50,55-56H,15-17,19,22,24,26-31,34-37H2,1-14H3,(H,74,85)(H,75,89)(H,76,90)/t40-,41+,47-,48-,49-,50-,55-,56-/m0/s1. The number of halogens is 7. The van der Waals surface area contributed by atoms with Crippen molar-refractivity contribution in [1.29, 1.82) is 0 Å². The van der Waals surface area contributed by atoms with E-state index in [1.807, 2.05) is 13.8 Å². The molecule has 0 unspecified atom stereocenters. The number of likely N-dealkylation sites (N-methyl/N-ethyl adjacent to an activating group) is 7. The molecule has 534 valence electrons. The highest BCUT2D eigenvalue weighted by Gasteiger charge is 2.50. The van der Waals surface area contributed by atoms with Crippen molar-refractivity contribution in [2.75, 3.05) is 75.5 Å². The lowest BCUT2D eigenvalue weighted by atomic mass is 9.91. The summed E-state index contributed by atoms with van der Waals surface area (Å²) in [4.78, 5) is 169. The van der Waals surface area contributed by atoms with Gasteiger partial charge in [0.15, 0.2) is 0 Å². The van der Waals surface area contributed by atoms with Gasteiger partial charge in [-0.3, -0.25) is 52.7 Å². The second-order valence-corrected chi connectivity index (χ2v) is 27.0. The number of benzene rings is 2. The zero-order valence-electron chi connectivity index (χ0n) is 57.3. The number of nitrogens with one attached hydrogen (secondary N) is 3. The van der Waals surface area contributed by atoms with E-state index in [0.29, 0.717) is 19.3 Å². The molecule has 5 rings (SSSR count). The molecule has 0 bridgehead atoms. The maximum absolute atomic E-state index is 15.1. The van der Waals surface area contributed by atoms with Crippen LogP contribution in [0.4, 0.5) is 26.3 Å². The zero-order valence-corrected chi connectivity index (χ0v) is 58.0. The molecule has 3 aliphatic rings. The number of carbonyl (C=O) groups excluding carboxylic acids is 11. The first-order valence-corrected chi connectivity index (χ1v) is 32.7. The fourth-order valence-corrected chi connectivity index (χ4v) is 12.8. The highest BCUT2D eigenvalue weighted by molar-refractivity contribution is 6.31. The molecule has 11 amide bonds. The van der Waals surface area contributed by atoms with Crippen molar-refractivity contribution in [2.45, 2.75) is 186 Å². The quantitative estimate of drug-likeness (QED) is 0.230. The molecule has 8 atom stereocenters. The number of fused-ring (bicyclic) bond motifs is 1. The van der Waals surface area contributed by atoms with Crippen LogP contribution in [-0.4, -0.2) is 234 Å². The lowest BCUT2D eigenvalue weighted by molar-refractivity contribution is -0.274. The van der Waals surface area contributed by atoms with Gasteiger partial charge in [0.1, 0.15) is 47.5 Å². The summed E-state index contributed by atoms with van der Waals surface area (Å²) in [6.45, 7) is 10.1. The zero-order chi connectivity index (χ0) is 72.2. The third-order valence-corrected chi connectivity index (χ3v) is 18.8. The van der Waals surface area contributed by atoms with E-state index in [2.05, 4.69) is 20.7 Å². The van der Waals surface area contributed by atoms with Gasteiger partial charge in [0.2, 0.25) is 65.0 Å². The van der Waals surface area contributed by atoms with Crippen LogP contribution in [-0.2, 0) is 71.8 Å². The number of aryl methyl sites for hydroxylation is 1. The fourth-order valence-electron chi connectivity index (χ4n) is 12.5. The molecule has 2 saturated heterocycles. The number of hydrogen-bond donors (Lipinski definition) is 3. The van der Waals surface area contributed by atoms with E-state index >= 15 is 9.59 Å². The molecule has 23 nitrogen and oxygen atoms in total. The van der Waals surface area contributed by atoms with Crippen LogP contribution in [0, 0.1) is 17.8 Å². The topological polar surface area (TPSA) is 259 Å². The van der Waals surface area contributed by atoms with Gasteiger partial charge in [0.25, 0.3) is 0 Å². The summed E-state index contributed by atoms with van der Waals surface area (Å²) in [6, 6.07) is -1.16. The van der Waals surface area contributed by atoms with Crippen molar-refractivity contribution in [3.8, 4) is 5.75 Å². The van der Waals surface area contributed by atoms with E-state index < -0.39 is 180 Å². The van der Waals surface area contributed by atoms with Gasteiger partial charge in [0, 0.05) is 74.8 Å². The predicted molar refractivity (Wildman–Crippen MR) is 343 cm³/mol. The van der Waals surface area contributed by atoms with E-state index in [4.69, 9.17) is 11.6 Å². The second-order valence-electron chi connectivity index (χ2n) is 26.6. The largest absolute Gasteiger partial charge is 0.573 e. The van der Waals surface area contributed by atoms with Gasteiger partial charge in [-0.15, -0.1) is 13.2 Å². The first kappa shape index (κ1) is 79.0. The van der Waals surface area contributed by atoms with Crippen molar-refractivity contribution in [3.63, 3.8) is 0 Å². The van der Waals surface area contributed by atoms with E-state index in [1.165, 1.54) is 81.1 Å². The van der Waals surface area contributed by atoms with Crippen LogP contribution in [0.5, 0.6) is 5.75 Å². The van der Waals surface area contributed by atoms with Crippen LogP contribution in [0.3, 0.4) is 0 Å². The molecule has 2 aromatic rings. The molecule has 2 heterocycles. The molecule has 3 fully saturated rings. The summed E-state index contributed by atoms with van der Waals surface area (Å²) in [5.74, 6) is -10.0. The Hall–Kier alpha value is -7.72. The molecule has 0 radical (unpaired) electrons. The van der Waals surface area contributed by atoms with Gasteiger partial charge < -0.3 is 59.9 Å². The molecule has 0 aromatic heterocycles. The van der Waals surface area contributed by atoms with Crippen LogP contribution >= 0.6 is 11.6 Å². The van der Waals surface area contributed by atoms with Gasteiger partial charge in [-0.2, -0.15) is 13.2 Å². The van der Waals surface area contributed by atoms with Crippen molar-refractivity contribution in [2.24, 2.45) is 17.8 Å². The Kier molecular flexibility index (Phi) is 27.6. The highest BCUT2D eigenvalue weighted by Crippen LogP contribution is 2.37. The molecule has 3 N–H and O–H groups in total. The van der Waals surface area contributed by atoms with Crippen molar-refractivity contribution >= 4 is 76.6 Å². The van der Waals surface area contributed by atoms with E-state index in [9.17, 15) is 69.5 Å². The number of hydrogen-bond acceptors (Lipinski definition) is 12. The lowest BCUT2D eigenvalue weighted by Crippen LogP contribution is -2.64. The van der Waals surface area contributed by atoms with E-state index in [1.54, 1.807) is 34.6 Å². The Balaban J connectivity index is 1.60. The summed E-state index contributed by atoms with van der Waals surface area (Å²) in [6.07, 6.45) is -8.97. The van der Waals surface area contributed by atoms with Crippen LogP contribution in [0.25, 0.3) is 0 Å². The number of rotatable bonds is 11. The molecule has 30 heteroatoms. The third-order valence-electron chi connectivity index (χ3n) is 18.5. The van der Waals surface area contributed by atoms with Gasteiger partial charge in [-0.1, -0.05) is 90.6 Å². The maximum Gasteiger partial charge on any atom is 0.573 e. The Morgan fingerprint density at radius 2 is 1.27 bits per heavy atom. The highest BCUT2D eigenvalue weighted by atomic mass is 35.5. The molecule has 96 heavy (non-hydrogen) atoms. The summed E-state index contributed by atoms with van der Waals surface area (Å²) in [5.41, 5.74) is -2.41. The summed E-state index contributed by atoms with van der Waals surface area (Å²) in [7, 11) is 9.30. The second kappa shape index (κ2) is 33.5. The minimum atomic E-state index is -5.12. The number of alkyl halides is 6. The average Bonchev–Trinajstić information content (AvgIpc) is 1.59. The summed E-state index contributed by atoms with van der Waals surface area (Å²) >= 11 is 6.09. The lowest BCUT2D eigenvalue weighted by Gasteiger charge is -2.41. The Bertz CT molecular complexity index is 3170. The SMILES string of the molecule is CC[C@H](C)[C@@H]1NC(=O)[C@H](CC(C)C)N(C)C(=O)C[C@@H](C)N(C)C(=O)[C@H](C(C)C)N(C)C(=O)C2(CCCC2)NC(=O)[C@@H]2CCCN2C(=O)[C@H](CCc2ccc(C(F)(F)F)c(Cl)c2)NC(=O)CN(C)C(=O)[C@H](Cc2cccc(OC(F)(F)F)c2)N(C)C(=O)CN(C)C(=O)CN(C)C1=O. The van der Waals surface area contributed by atoms with Crippen LogP contribution in [0.1, 0.15) is 129 Å². The predicted octanol–water partition coefficient (Wildman–Crippen LogP) is 5.68. The molecule has 2 aliphatic heterocycles. The van der Waals surface area contributed by atoms with E-state index in [-0.39, 0.29) is 75.0 Å². The van der Waals surface area contributed by atoms with Gasteiger partial charge in [0.05, 0.1) is 30.2 Å². The molecular weight excluding hydrogens is 1290 g/mol. The number of carbonyl (C=O) groups is 11. The summed E-state index contributed by atoms with van der Waals surface area (Å²) in [5, 5.41) is 7.78. The smallest absolute Gasteiger partial charge is 0.406 e. The molecular formula is C66H94ClF6N11O12. The van der Waals surface area contributed by atoms with Gasteiger partial charge >= 0.3 is 12.5 Å². The number of nitrogens with zero attached hydrogens (tertiary/aromatic N) is 8. The van der Waals surface area contributed by atoms with Crippen LogP contribution in [0.15, 0.2) is 42.5 Å². The molecule has 1 saturated carbocycles. The van der Waals surface area contributed by atoms with Gasteiger partial charge in [-0.25, -0.2) is 0 Å². The monoisotopic (exact) mass is 1380 g/mol. The number of amides is 11. The summed E-state index contributed by atoms with van der Waals surface area (Å²) < 4.78 is 85.8. The van der Waals surface area contributed by atoms with Crippen molar-refractivity contribution < 1.29 is 83.8 Å². The Morgan fingerprint density at radius 1 is 0.656 bits per heavy atom. The Morgan fingerprint density at radius 3 is 1.85 bits per heavy atom. The first-order valence-electron chi connectivity index (χ1n) is 32.3. The molecule has 1 aliphatic carbocycles. The van der Waals surface area contributed by atoms with Crippen molar-refractivity contribution in [1.82, 2.24) is 55.1 Å². The molecule has 1 spiro atoms. The minimum Gasteiger partial charge on any atom is -0.406 e. The average molecular weight is 1380 g/mol. The maximum atomic E-state index is 15.1. The van der Waals surface area contributed by atoms with E-state index in [0.717, 1.165) is 49.9 Å².